The summed E-state index contributed by atoms with van der Waals surface area (Å²) in [4.78, 5) is 0. The highest BCUT2D eigenvalue weighted by Crippen LogP contribution is 2.37. The number of hydrogen-bond acceptors (Lipinski definition) is 4. The SMILES string of the molecule is CCOC(OCC)/C(C)=C/B1OC(C)(C)C(C)(C)O1. The summed E-state index contributed by atoms with van der Waals surface area (Å²) in [5, 5.41) is 0. The third-order valence-corrected chi connectivity index (χ3v) is 3.68. The first-order chi connectivity index (χ1) is 8.73. The Bertz CT molecular complexity index is 303. The Hall–Kier alpha value is -0.355. The largest absolute Gasteiger partial charge is 0.487 e. The van der Waals surface area contributed by atoms with E-state index in [4.69, 9.17) is 18.8 Å². The van der Waals surface area contributed by atoms with Gasteiger partial charge in [0.2, 0.25) is 0 Å². The van der Waals surface area contributed by atoms with E-state index in [1.165, 1.54) is 0 Å². The first-order valence-electron chi connectivity index (χ1n) is 7.00. The van der Waals surface area contributed by atoms with Gasteiger partial charge in [-0.2, -0.15) is 0 Å². The van der Waals surface area contributed by atoms with Crippen molar-refractivity contribution in [1.82, 2.24) is 0 Å². The van der Waals surface area contributed by atoms with E-state index in [1.54, 1.807) is 0 Å². The quantitative estimate of drug-likeness (QED) is 0.549. The molecule has 0 aliphatic carbocycles. The lowest BCUT2D eigenvalue weighted by Gasteiger charge is -2.32. The Labute approximate surface area is 117 Å². The lowest BCUT2D eigenvalue weighted by molar-refractivity contribution is -0.111. The molecule has 0 radical (unpaired) electrons. The summed E-state index contributed by atoms with van der Waals surface area (Å²) in [6.07, 6.45) is -0.325. The molecule has 5 heteroatoms. The highest BCUT2D eigenvalue weighted by atomic mass is 16.7. The fourth-order valence-corrected chi connectivity index (χ4v) is 1.86. The summed E-state index contributed by atoms with van der Waals surface area (Å²) < 4.78 is 23.0. The highest BCUT2D eigenvalue weighted by Gasteiger charge is 2.50. The van der Waals surface area contributed by atoms with E-state index in [9.17, 15) is 0 Å². The molecule has 1 aliphatic rings. The van der Waals surface area contributed by atoms with Crippen LogP contribution in [-0.4, -0.2) is 37.8 Å². The van der Waals surface area contributed by atoms with E-state index in [0.29, 0.717) is 13.2 Å². The van der Waals surface area contributed by atoms with Crippen LogP contribution >= 0.6 is 0 Å². The van der Waals surface area contributed by atoms with E-state index in [0.717, 1.165) is 5.57 Å². The average molecular weight is 270 g/mol. The van der Waals surface area contributed by atoms with Crippen LogP contribution in [0, 0.1) is 0 Å². The molecule has 1 heterocycles. The van der Waals surface area contributed by atoms with Crippen LogP contribution in [0.5, 0.6) is 0 Å². The van der Waals surface area contributed by atoms with Crippen molar-refractivity contribution in [2.75, 3.05) is 13.2 Å². The van der Waals surface area contributed by atoms with E-state index in [2.05, 4.69) is 0 Å². The first kappa shape index (κ1) is 16.7. The Kier molecular flexibility index (Phi) is 5.62. The molecule has 0 aromatic carbocycles. The molecule has 1 rings (SSSR count). The van der Waals surface area contributed by atoms with Gasteiger partial charge in [-0.3, -0.25) is 0 Å². The predicted octanol–water partition coefficient (Wildman–Crippen LogP) is 2.96. The molecule has 110 valence electrons. The zero-order chi connectivity index (χ0) is 14.7. The van der Waals surface area contributed by atoms with Crippen LogP contribution in [-0.2, 0) is 18.8 Å². The molecule has 1 saturated heterocycles. The summed E-state index contributed by atoms with van der Waals surface area (Å²) in [5.74, 6) is 1.94. The van der Waals surface area contributed by atoms with Crippen molar-refractivity contribution in [2.24, 2.45) is 0 Å². The minimum absolute atomic E-state index is 0.318. The van der Waals surface area contributed by atoms with E-state index >= 15 is 0 Å². The van der Waals surface area contributed by atoms with Crippen molar-refractivity contribution < 1.29 is 18.8 Å². The van der Waals surface area contributed by atoms with Gasteiger partial charge in [0.15, 0.2) is 6.29 Å². The second kappa shape index (κ2) is 6.40. The standard InChI is InChI=1S/C14H27BO4/c1-8-16-12(17-9-2)11(3)10-15-18-13(4,5)14(6,7)19-15/h10,12H,8-9H2,1-7H3/b11-10+. The molecule has 19 heavy (non-hydrogen) atoms. The van der Waals surface area contributed by atoms with Crippen molar-refractivity contribution in [1.29, 1.82) is 0 Å². The van der Waals surface area contributed by atoms with Crippen LogP contribution in [0.1, 0.15) is 48.5 Å². The van der Waals surface area contributed by atoms with Crippen molar-refractivity contribution in [3.63, 3.8) is 0 Å². The molecule has 0 amide bonds. The zero-order valence-electron chi connectivity index (χ0n) is 13.3. The van der Waals surface area contributed by atoms with Gasteiger partial charge in [-0.1, -0.05) is 5.98 Å². The topological polar surface area (TPSA) is 36.9 Å². The third kappa shape index (κ3) is 4.05. The van der Waals surface area contributed by atoms with Gasteiger partial charge in [0, 0.05) is 13.2 Å². The van der Waals surface area contributed by atoms with Crippen molar-refractivity contribution in [3.8, 4) is 0 Å². The van der Waals surface area contributed by atoms with E-state index in [1.807, 2.05) is 54.4 Å². The number of hydrogen-bond donors (Lipinski definition) is 0. The molecule has 4 nitrogen and oxygen atoms in total. The van der Waals surface area contributed by atoms with E-state index < -0.39 is 0 Å². The van der Waals surface area contributed by atoms with Gasteiger partial charge in [0.25, 0.3) is 0 Å². The van der Waals surface area contributed by atoms with Crippen LogP contribution in [0.3, 0.4) is 0 Å². The minimum Gasteiger partial charge on any atom is -0.400 e. The van der Waals surface area contributed by atoms with Crippen molar-refractivity contribution in [3.05, 3.63) is 11.5 Å². The van der Waals surface area contributed by atoms with Crippen LogP contribution in [0.4, 0.5) is 0 Å². The molecule has 1 fully saturated rings. The Balaban J connectivity index is 2.74. The average Bonchev–Trinajstić information content (AvgIpc) is 2.46. The van der Waals surface area contributed by atoms with Gasteiger partial charge in [-0.25, -0.2) is 0 Å². The molecular weight excluding hydrogens is 243 g/mol. The van der Waals surface area contributed by atoms with Crippen molar-refractivity contribution >= 4 is 7.12 Å². The summed E-state index contributed by atoms with van der Waals surface area (Å²) in [6, 6.07) is 0. The molecule has 0 bridgehead atoms. The maximum absolute atomic E-state index is 5.93. The second-order valence-corrected chi connectivity index (χ2v) is 5.78. The molecule has 0 atom stereocenters. The molecular formula is C14H27BO4. The second-order valence-electron chi connectivity index (χ2n) is 5.78. The Morgan fingerprint density at radius 3 is 1.84 bits per heavy atom. The normalized spacial score (nSPS) is 22.3. The van der Waals surface area contributed by atoms with Crippen LogP contribution in [0.25, 0.3) is 0 Å². The van der Waals surface area contributed by atoms with Crippen LogP contribution in [0.2, 0.25) is 0 Å². The van der Waals surface area contributed by atoms with Gasteiger partial charge in [-0.15, -0.1) is 0 Å². The predicted molar refractivity (Wildman–Crippen MR) is 76.9 cm³/mol. The van der Waals surface area contributed by atoms with Crippen molar-refractivity contribution in [2.45, 2.75) is 66.0 Å². The summed E-state index contributed by atoms with van der Waals surface area (Å²) >= 11 is 0. The monoisotopic (exact) mass is 270 g/mol. The molecule has 0 N–H and O–H groups in total. The summed E-state index contributed by atoms with van der Waals surface area (Å²) in [7, 11) is -0.353. The summed E-state index contributed by atoms with van der Waals surface area (Å²) in [5.41, 5.74) is 0.338. The molecule has 0 spiro atoms. The lowest BCUT2D eigenvalue weighted by Crippen LogP contribution is -2.41. The maximum atomic E-state index is 5.93. The summed E-state index contributed by atoms with van der Waals surface area (Å²) in [6.45, 7) is 15.3. The fourth-order valence-electron chi connectivity index (χ4n) is 1.86. The number of ether oxygens (including phenoxy) is 2. The molecule has 0 saturated carbocycles. The Morgan fingerprint density at radius 2 is 1.47 bits per heavy atom. The van der Waals surface area contributed by atoms with E-state index in [-0.39, 0.29) is 24.6 Å². The third-order valence-electron chi connectivity index (χ3n) is 3.68. The van der Waals surface area contributed by atoms with Gasteiger partial charge in [0.1, 0.15) is 0 Å². The Morgan fingerprint density at radius 1 is 1.05 bits per heavy atom. The molecule has 0 aromatic heterocycles. The highest BCUT2D eigenvalue weighted by molar-refractivity contribution is 6.51. The molecule has 1 aliphatic heterocycles. The molecule has 0 aromatic rings. The fraction of sp³-hybridized carbons (Fsp3) is 0.857. The van der Waals surface area contributed by atoms with Gasteiger partial charge < -0.3 is 18.8 Å². The van der Waals surface area contributed by atoms with Crippen LogP contribution < -0.4 is 0 Å². The van der Waals surface area contributed by atoms with Gasteiger partial charge in [-0.05, 0) is 54.0 Å². The smallest absolute Gasteiger partial charge is 0.400 e. The lowest BCUT2D eigenvalue weighted by atomic mass is 9.87. The van der Waals surface area contributed by atoms with Gasteiger partial charge in [0.05, 0.1) is 11.2 Å². The molecule has 0 unspecified atom stereocenters. The maximum Gasteiger partial charge on any atom is 0.487 e. The minimum atomic E-state index is -0.353. The van der Waals surface area contributed by atoms with Gasteiger partial charge >= 0.3 is 7.12 Å². The number of rotatable bonds is 6. The zero-order valence-corrected chi connectivity index (χ0v) is 13.3. The first-order valence-corrected chi connectivity index (χ1v) is 7.00. The van der Waals surface area contributed by atoms with Crippen LogP contribution in [0.15, 0.2) is 11.5 Å².